The van der Waals surface area contributed by atoms with Gasteiger partial charge in [0.15, 0.2) is 0 Å². The molecule has 1 aromatic heterocycles. The van der Waals surface area contributed by atoms with Crippen LogP contribution in [-0.4, -0.2) is 14.7 Å². The van der Waals surface area contributed by atoms with Crippen molar-refractivity contribution in [2.24, 2.45) is 4.99 Å². The largest absolute Gasteiger partial charge is 0.426 e. The van der Waals surface area contributed by atoms with Crippen LogP contribution in [0.2, 0.25) is 0 Å². The molecule has 0 aliphatic heterocycles. The summed E-state index contributed by atoms with van der Waals surface area (Å²) < 4.78 is 7.91. The van der Waals surface area contributed by atoms with Gasteiger partial charge in [0.1, 0.15) is 0 Å². The molecule has 0 unspecified atom stereocenters. The fraction of sp³-hybridized carbons (Fsp3) is 0.800. The molecular formula is C15H27N3O3. The second-order valence-electron chi connectivity index (χ2n) is 8.23. The van der Waals surface area contributed by atoms with Crippen LogP contribution in [0.25, 0.3) is 0 Å². The topological polar surface area (TPSA) is 69.5 Å². The molecule has 0 saturated heterocycles. The Kier molecular flexibility index (Phi) is 4.16. The van der Waals surface area contributed by atoms with Crippen molar-refractivity contribution in [3.63, 3.8) is 0 Å². The Bertz CT molecular complexity index is 698. The van der Waals surface area contributed by atoms with Crippen LogP contribution < -0.4 is 17.1 Å². The third-order valence-electron chi connectivity index (χ3n) is 2.71. The number of rotatable bonds is 0. The van der Waals surface area contributed by atoms with E-state index in [1.807, 2.05) is 41.5 Å². The number of nitrogens with zero attached hydrogens (tertiary/aromatic N) is 3. The van der Waals surface area contributed by atoms with Crippen LogP contribution in [0.4, 0.5) is 0 Å². The Balaban J connectivity index is 4.03. The highest BCUT2D eigenvalue weighted by molar-refractivity contribution is 4.85. The van der Waals surface area contributed by atoms with E-state index in [1.165, 1.54) is 4.57 Å². The highest BCUT2D eigenvalue weighted by Gasteiger charge is 2.27. The standard InChI is InChI=1S/C15H27N3O3/c1-13(2,3)16-10-17(14(4,5)6)11(19)18(12(20)21-10)15(7,8)9/h1-9H3. The zero-order chi connectivity index (χ0) is 16.8. The van der Waals surface area contributed by atoms with Crippen molar-refractivity contribution in [1.29, 1.82) is 0 Å². The molecule has 6 heteroatoms. The average Bonchev–Trinajstić information content (AvgIpc) is 2.07. The molecule has 0 aromatic carbocycles. The van der Waals surface area contributed by atoms with Gasteiger partial charge >= 0.3 is 17.1 Å². The molecule has 0 aliphatic carbocycles. The predicted molar refractivity (Wildman–Crippen MR) is 82.5 cm³/mol. The minimum Gasteiger partial charge on any atom is -0.375 e. The van der Waals surface area contributed by atoms with E-state index in [2.05, 4.69) is 4.99 Å². The lowest BCUT2D eigenvalue weighted by Gasteiger charge is -2.27. The second-order valence-corrected chi connectivity index (χ2v) is 8.23. The number of hydrogen-bond donors (Lipinski definition) is 0. The van der Waals surface area contributed by atoms with E-state index in [0.717, 1.165) is 4.57 Å². The van der Waals surface area contributed by atoms with Crippen LogP contribution in [0.3, 0.4) is 0 Å². The Morgan fingerprint density at radius 2 is 1.24 bits per heavy atom. The molecule has 21 heavy (non-hydrogen) atoms. The fourth-order valence-corrected chi connectivity index (χ4v) is 1.92. The Morgan fingerprint density at radius 3 is 1.57 bits per heavy atom. The second kappa shape index (κ2) is 5.00. The third kappa shape index (κ3) is 3.95. The van der Waals surface area contributed by atoms with E-state index in [4.69, 9.17) is 4.42 Å². The van der Waals surface area contributed by atoms with Crippen LogP contribution in [0.5, 0.6) is 0 Å². The van der Waals surface area contributed by atoms with Gasteiger partial charge in [0.05, 0.1) is 5.54 Å². The van der Waals surface area contributed by atoms with E-state index in [0.29, 0.717) is 0 Å². The molecule has 1 aromatic rings. The maximum Gasteiger partial charge on any atom is 0.426 e. The number of aromatic nitrogens is 2. The Hall–Kier alpha value is -1.59. The summed E-state index contributed by atoms with van der Waals surface area (Å²) in [5.74, 6) is -0.684. The zero-order valence-corrected chi connectivity index (χ0v) is 14.6. The predicted octanol–water partition coefficient (Wildman–Crippen LogP) is 1.81. The molecule has 0 amide bonds. The zero-order valence-electron chi connectivity index (χ0n) is 14.6. The van der Waals surface area contributed by atoms with E-state index < -0.39 is 28.1 Å². The van der Waals surface area contributed by atoms with Gasteiger partial charge in [-0.2, -0.15) is 0 Å². The van der Waals surface area contributed by atoms with Crippen LogP contribution in [0.1, 0.15) is 62.3 Å². The molecule has 0 radical (unpaired) electrons. The third-order valence-corrected chi connectivity index (χ3v) is 2.71. The van der Waals surface area contributed by atoms with E-state index in [-0.39, 0.29) is 5.68 Å². The first-order valence-corrected chi connectivity index (χ1v) is 7.11. The van der Waals surface area contributed by atoms with Gasteiger partial charge in [0.25, 0.3) is 0 Å². The minimum absolute atomic E-state index is 0.0606. The highest BCUT2D eigenvalue weighted by Crippen LogP contribution is 2.11. The smallest absolute Gasteiger partial charge is 0.375 e. The molecule has 1 rings (SSSR count). The molecule has 0 spiro atoms. The Labute approximate surface area is 125 Å². The van der Waals surface area contributed by atoms with Crippen LogP contribution in [0, 0.1) is 0 Å². The van der Waals surface area contributed by atoms with Crippen molar-refractivity contribution in [2.45, 2.75) is 78.9 Å². The van der Waals surface area contributed by atoms with Gasteiger partial charge < -0.3 is 4.42 Å². The first kappa shape index (κ1) is 17.5. The van der Waals surface area contributed by atoms with Crippen molar-refractivity contribution in [1.82, 2.24) is 9.13 Å². The molecule has 0 aliphatic rings. The van der Waals surface area contributed by atoms with Crippen LogP contribution in [0.15, 0.2) is 19.0 Å². The molecule has 120 valence electrons. The van der Waals surface area contributed by atoms with E-state index in [1.54, 1.807) is 20.8 Å². The molecule has 0 saturated carbocycles. The summed E-state index contributed by atoms with van der Waals surface area (Å²) in [6.45, 7) is 16.7. The molecule has 6 nitrogen and oxygen atoms in total. The fourth-order valence-electron chi connectivity index (χ4n) is 1.92. The molecule has 0 N–H and O–H groups in total. The summed E-state index contributed by atoms with van der Waals surface area (Å²) in [6.07, 6.45) is 0. The lowest BCUT2D eigenvalue weighted by molar-refractivity contribution is 0.205. The Morgan fingerprint density at radius 1 is 0.810 bits per heavy atom. The quantitative estimate of drug-likeness (QED) is 0.733. The van der Waals surface area contributed by atoms with Gasteiger partial charge in [-0.1, -0.05) is 0 Å². The number of hydrogen-bond acceptors (Lipinski definition) is 4. The molecule has 0 atom stereocenters. The summed E-state index contributed by atoms with van der Waals surface area (Å²) >= 11 is 0. The van der Waals surface area contributed by atoms with Gasteiger partial charge in [-0.05, 0) is 62.3 Å². The molecule has 0 fully saturated rings. The van der Waals surface area contributed by atoms with Crippen molar-refractivity contribution < 1.29 is 4.42 Å². The van der Waals surface area contributed by atoms with Gasteiger partial charge in [0, 0.05) is 11.1 Å². The van der Waals surface area contributed by atoms with Crippen molar-refractivity contribution in [3.8, 4) is 0 Å². The van der Waals surface area contributed by atoms with Crippen molar-refractivity contribution in [2.75, 3.05) is 0 Å². The first-order valence-electron chi connectivity index (χ1n) is 7.11. The summed E-state index contributed by atoms with van der Waals surface area (Å²) in [7, 11) is 0. The molecular weight excluding hydrogens is 270 g/mol. The first-order chi connectivity index (χ1) is 9.14. The molecule has 1 heterocycles. The van der Waals surface area contributed by atoms with Crippen LogP contribution in [-0.2, 0) is 11.1 Å². The lowest BCUT2D eigenvalue weighted by atomic mass is 10.1. The molecule has 0 bridgehead atoms. The monoisotopic (exact) mass is 297 g/mol. The summed E-state index contributed by atoms with van der Waals surface area (Å²) in [5, 5.41) is 0. The maximum atomic E-state index is 12.8. The summed E-state index contributed by atoms with van der Waals surface area (Å²) in [5.41, 5.74) is -2.01. The lowest BCUT2D eigenvalue weighted by Crippen LogP contribution is -2.56. The minimum atomic E-state index is -0.684. The van der Waals surface area contributed by atoms with E-state index >= 15 is 0 Å². The maximum absolute atomic E-state index is 12.8. The summed E-state index contributed by atoms with van der Waals surface area (Å²) in [4.78, 5) is 29.4. The van der Waals surface area contributed by atoms with Gasteiger partial charge in [0.2, 0.25) is 0 Å². The normalized spacial score (nSPS) is 14.6. The van der Waals surface area contributed by atoms with Gasteiger partial charge in [-0.25, -0.2) is 23.7 Å². The van der Waals surface area contributed by atoms with Crippen molar-refractivity contribution in [3.05, 3.63) is 26.7 Å². The van der Waals surface area contributed by atoms with Gasteiger partial charge in [-0.15, -0.1) is 0 Å². The van der Waals surface area contributed by atoms with E-state index in [9.17, 15) is 9.59 Å². The van der Waals surface area contributed by atoms with Crippen molar-refractivity contribution >= 4 is 0 Å². The van der Waals surface area contributed by atoms with Crippen LogP contribution >= 0.6 is 0 Å². The highest BCUT2D eigenvalue weighted by atomic mass is 16.4. The van der Waals surface area contributed by atoms with Gasteiger partial charge in [-0.3, -0.25) is 0 Å². The average molecular weight is 297 g/mol. The SMILES string of the molecule is CC(C)(C)N=c1oc(=O)n(C(C)(C)C)c(=O)n1C(C)(C)C. The summed E-state index contributed by atoms with van der Waals surface area (Å²) in [6, 6.07) is 0.